The molecule has 192 valence electrons. The highest BCUT2D eigenvalue weighted by molar-refractivity contribution is 6.27. The van der Waals surface area contributed by atoms with Crippen LogP contribution in [0.25, 0.3) is 81.6 Å². The maximum absolute atomic E-state index is 11.0. The zero-order valence-corrected chi connectivity index (χ0v) is 22.3. The minimum atomic E-state index is 0.0122. The van der Waals surface area contributed by atoms with Gasteiger partial charge in [0.1, 0.15) is 22.7 Å². The molecule has 0 spiro atoms. The molecule has 40 heavy (non-hydrogen) atoms. The van der Waals surface area contributed by atoms with E-state index in [1.807, 2.05) is 24.3 Å². The molecule has 0 bridgehead atoms. The van der Waals surface area contributed by atoms with E-state index in [0.717, 1.165) is 76.2 Å². The zero-order chi connectivity index (χ0) is 27.1. The molecule has 0 aliphatic carbocycles. The molecular formula is C36H25NO3. The third kappa shape index (κ3) is 2.70. The Balaban J connectivity index is 1.39. The number of aromatic nitrogens is 1. The first-order valence-corrected chi connectivity index (χ1v) is 13.6. The molecule has 0 saturated carbocycles. The van der Waals surface area contributed by atoms with Gasteiger partial charge in [-0.3, -0.25) is 0 Å². The van der Waals surface area contributed by atoms with Gasteiger partial charge in [0, 0.05) is 26.9 Å². The number of fused-ring (bicyclic) bond motifs is 11. The topological polar surface area (TPSA) is 58.0 Å². The van der Waals surface area contributed by atoms with Gasteiger partial charge in [0.25, 0.3) is 0 Å². The van der Waals surface area contributed by atoms with Gasteiger partial charge in [-0.05, 0) is 105 Å². The minimum absolute atomic E-state index is 0.0122. The number of furan rings is 1. The summed E-state index contributed by atoms with van der Waals surface area (Å²) >= 11 is 0. The van der Waals surface area contributed by atoms with Gasteiger partial charge in [-0.1, -0.05) is 32.9 Å². The van der Waals surface area contributed by atoms with E-state index >= 15 is 0 Å². The second-order valence-electron chi connectivity index (χ2n) is 12.2. The lowest BCUT2D eigenvalue weighted by atomic mass is 9.86. The summed E-state index contributed by atoms with van der Waals surface area (Å²) in [4.78, 5) is 0. The molecule has 2 N–H and O–H groups in total. The second kappa shape index (κ2) is 6.97. The Hall–Kier alpha value is -4.96. The van der Waals surface area contributed by atoms with Crippen molar-refractivity contribution >= 4 is 81.6 Å². The van der Waals surface area contributed by atoms with Crippen molar-refractivity contribution in [2.45, 2.75) is 26.2 Å². The van der Waals surface area contributed by atoms with Crippen LogP contribution in [-0.2, 0) is 5.41 Å². The van der Waals surface area contributed by atoms with E-state index in [4.69, 9.17) is 4.42 Å². The van der Waals surface area contributed by atoms with E-state index in [2.05, 4.69) is 73.7 Å². The standard InChI is InChI=1S/C36H25NO3/c1-36(2,3)22-5-8-29-28(17-22)34-31(39)9-7-24-25-12-20-13-27-26-11-18-4-6-23(38)10-19(18)15-32(26)40-33(27)16-21(20)14-30(25)37(29)35(24)34/h4-17,38-39H,1-3H3. The minimum Gasteiger partial charge on any atom is -0.508 e. The fourth-order valence-electron chi connectivity index (χ4n) is 6.75. The Morgan fingerprint density at radius 1 is 0.575 bits per heavy atom. The Bertz CT molecular complexity index is 2540. The Kier molecular flexibility index (Phi) is 3.82. The summed E-state index contributed by atoms with van der Waals surface area (Å²) in [5.74, 6) is 0.563. The Morgan fingerprint density at radius 3 is 2.05 bits per heavy atom. The summed E-state index contributed by atoms with van der Waals surface area (Å²) in [6, 6.07) is 29.0. The van der Waals surface area contributed by atoms with Gasteiger partial charge in [-0.2, -0.15) is 0 Å². The predicted molar refractivity (Wildman–Crippen MR) is 165 cm³/mol. The maximum atomic E-state index is 11.0. The van der Waals surface area contributed by atoms with E-state index < -0.39 is 0 Å². The molecular weight excluding hydrogens is 494 g/mol. The largest absolute Gasteiger partial charge is 0.508 e. The van der Waals surface area contributed by atoms with Crippen LogP contribution in [0.1, 0.15) is 26.3 Å². The first-order chi connectivity index (χ1) is 19.2. The third-order valence-electron chi connectivity index (χ3n) is 8.77. The summed E-state index contributed by atoms with van der Waals surface area (Å²) in [6.45, 7) is 6.66. The number of benzene rings is 6. The lowest BCUT2D eigenvalue weighted by Crippen LogP contribution is -2.10. The lowest BCUT2D eigenvalue weighted by molar-refractivity contribution is 0.476. The monoisotopic (exact) mass is 519 g/mol. The zero-order valence-electron chi connectivity index (χ0n) is 22.3. The van der Waals surface area contributed by atoms with Crippen molar-refractivity contribution in [1.82, 2.24) is 4.40 Å². The average molecular weight is 520 g/mol. The summed E-state index contributed by atoms with van der Waals surface area (Å²) in [7, 11) is 0. The number of rotatable bonds is 0. The predicted octanol–water partition coefficient (Wildman–Crippen LogP) is 9.75. The van der Waals surface area contributed by atoms with E-state index in [1.54, 1.807) is 12.1 Å². The first-order valence-electron chi connectivity index (χ1n) is 13.6. The van der Waals surface area contributed by atoms with Crippen molar-refractivity contribution in [3.8, 4) is 11.5 Å². The molecule has 0 aliphatic heterocycles. The highest BCUT2D eigenvalue weighted by atomic mass is 16.3. The molecule has 9 rings (SSSR count). The third-order valence-corrected chi connectivity index (χ3v) is 8.77. The van der Waals surface area contributed by atoms with Crippen LogP contribution in [0.2, 0.25) is 0 Å². The van der Waals surface area contributed by atoms with Crippen LogP contribution in [0.3, 0.4) is 0 Å². The molecule has 3 aromatic heterocycles. The van der Waals surface area contributed by atoms with Crippen molar-refractivity contribution in [3.05, 3.63) is 90.5 Å². The van der Waals surface area contributed by atoms with Gasteiger partial charge in [0.15, 0.2) is 0 Å². The number of hydrogen-bond donors (Lipinski definition) is 2. The van der Waals surface area contributed by atoms with Gasteiger partial charge in [-0.15, -0.1) is 0 Å². The van der Waals surface area contributed by atoms with Crippen molar-refractivity contribution < 1.29 is 14.6 Å². The smallest absolute Gasteiger partial charge is 0.136 e. The first kappa shape index (κ1) is 21.9. The number of phenols is 2. The number of nitrogens with zero attached hydrogens (tertiary/aromatic N) is 1. The molecule has 0 saturated heterocycles. The van der Waals surface area contributed by atoms with E-state index in [1.165, 1.54) is 10.9 Å². The summed E-state index contributed by atoms with van der Waals surface area (Å²) in [5.41, 5.74) is 6.19. The quantitative estimate of drug-likeness (QED) is 0.210. The molecule has 0 unspecified atom stereocenters. The van der Waals surface area contributed by atoms with Gasteiger partial charge in [0.2, 0.25) is 0 Å². The molecule has 0 fully saturated rings. The summed E-state index contributed by atoms with van der Waals surface area (Å²) < 4.78 is 8.65. The lowest BCUT2D eigenvalue weighted by Gasteiger charge is -2.19. The van der Waals surface area contributed by atoms with Crippen molar-refractivity contribution in [1.29, 1.82) is 0 Å². The van der Waals surface area contributed by atoms with E-state index in [9.17, 15) is 10.2 Å². The molecule has 0 atom stereocenters. The normalized spacial score (nSPS) is 13.1. The van der Waals surface area contributed by atoms with Gasteiger partial charge in [-0.25, -0.2) is 0 Å². The summed E-state index contributed by atoms with van der Waals surface area (Å²) in [5, 5.41) is 31.7. The SMILES string of the molecule is CC(C)(C)c1ccc2c(c1)c1c(O)ccc3c4cc5cc6c(cc5cc4n2c31)oc1cc2cc(O)ccc2cc16. The molecule has 0 aliphatic rings. The molecule has 0 amide bonds. The van der Waals surface area contributed by atoms with Gasteiger partial charge < -0.3 is 19.0 Å². The average Bonchev–Trinajstić information content (AvgIpc) is 3.55. The van der Waals surface area contributed by atoms with Crippen molar-refractivity contribution in [3.63, 3.8) is 0 Å². The van der Waals surface area contributed by atoms with Crippen LogP contribution >= 0.6 is 0 Å². The Morgan fingerprint density at radius 2 is 1.27 bits per heavy atom. The molecule has 9 aromatic rings. The molecule has 3 heterocycles. The Labute approximate surface area is 228 Å². The molecule has 0 radical (unpaired) electrons. The van der Waals surface area contributed by atoms with Crippen molar-refractivity contribution in [2.24, 2.45) is 0 Å². The van der Waals surface area contributed by atoms with Crippen LogP contribution in [0.5, 0.6) is 11.5 Å². The number of aromatic hydroxyl groups is 2. The van der Waals surface area contributed by atoms with Crippen LogP contribution in [-0.4, -0.2) is 14.6 Å². The number of phenolic OH excluding ortho intramolecular Hbond substituents is 2. The molecule has 4 nitrogen and oxygen atoms in total. The van der Waals surface area contributed by atoms with E-state index in [0.29, 0.717) is 5.75 Å². The maximum Gasteiger partial charge on any atom is 0.136 e. The second-order valence-corrected chi connectivity index (χ2v) is 12.2. The fourth-order valence-corrected chi connectivity index (χ4v) is 6.75. The van der Waals surface area contributed by atoms with Crippen LogP contribution in [0, 0.1) is 0 Å². The summed E-state index contributed by atoms with van der Waals surface area (Å²) in [6.07, 6.45) is 0. The van der Waals surface area contributed by atoms with Gasteiger partial charge in [0.05, 0.1) is 21.9 Å². The van der Waals surface area contributed by atoms with Gasteiger partial charge >= 0.3 is 0 Å². The molecule has 6 aromatic carbocycles. The van der Waals surface area contributed by atoms with Crippen molar-refractivity contribution in [2.75, 3.05) is 0 Å². The van der Waals surface area contributed by atoms with Crippen LogP contribution in [0.15, 0.2) is 89.3 Å². The number of hydrogen-bond acceptors (Lipinski definition) is 3. The highest BCUT2D eigenvalue weighted by Gasteiger charge is 2.23. The van der Waals surface area contributed by atoms with Crippen LogP contribution in [0.4, 0.5) is 0 Å². The van der Waals surface area contributed by atoms with Crippen LogP contribution < -0.4 is 0 Å². The molecule has 4 heteroatoms. The van der Waals surface area contributed by atoms with E-state index in [-0.39, 0.29) is 11.2 Å². The fraction of sp³-hybridized carbons (Fsp3) is 0.111. The highest BCUT2D eigenvalue weighted by Crippen LogP contribution is 2.45.